The van der Waals surface area contributed by atoms with Crippen LogP contribution in [0.15, 0.2) is 54.6 Å². The average molecular weight is 854 g/mol. The number of fused-ring (bicyclic) bond motifs is 5. The number of esters is 2. The van der Waals surface area contributed by atoms with Gasteiger partial charge in [-0.25, -0.2) is 0 Å². The molecule has 0 aromatic heterocycles. The van der Waals surface area contributed by atoms with E-state index in [1.165, 1.54) is 0 Å². The van der Waals surface area contributed by atoms with E-state index in [0.29, 0.717) is 29.3 Å². The molecule has 0 radical (unpaired) electrons. The predicted octanol–water partition coefficient (Wildman–Crippen LogP) is 4.90. The summed E-state index contributed by atoms with van der Waals surface area (Å²) in [4.78, 5) is 61.8. The summed E-state index contributed by atoms with van der Waals surface area (Å²) in [6.45, 7) is 5.32. The summed E-state index contributed by atoms with van der Waals surface area (Å²) in [7, 11) is 0. The van der Waals surface area contributed by atoms with E-state index in [4.69, 9.17) is 28.5 Å². The first-order valence-electron chi connectivity index (χ1n) is 22.7. The lowest BCUT2D eigenvalue weighted by molar-refractivity contribution is -0.235. The lowest BCUT2D eigenvalue weighted by atomic mass is 9.62. The summed E-state index contributed by atoms with van der Waals surface area (Å²) in [6.07, 6.45) is 10.4. The summed E-state index contributed by atoms with van der Waals surface area (Å²) >= 11 is 0. The van der Waals surface area contributed by atoms with Gasteiger partial charge in [0.1, 0.15) is 35.4 Å². The first-order valence-corrected chi connectivity index (χ1v) is 22.7. The van der Waals surface area contributed by atoms with Gasteiger partial charge in [0.2, 0.25) is 5.91 Å². The molecule has 2 bridgehead atoms. The van der Waals surface area contributed by atoms with Gasteiger partial charge >= 0.3 is 11.9 Å². The van der Waals surface area contributed by atoms with E-state index in [1.807, 2.05) is 18.2 Å². The van der Waals surface area contributed by atoms with Crippen LogP contribution in [0, 0.1) is 23.2 Å². The number of allylic oxidation sites excluding steroid dienone is 1. The van der Waals surface area contributed by atoms with Crippen molar-refractivity contribution in [2.75, 3.05) is 6.61 Å². The zero-order valence-electron chi connectivity index (χ0n) is 35.8. The molecular formula is C48H59N3O11. The van der Waals surface area contributed by atoms with Crippen molar-refractivity contribution in [2.24, 2.45) is 23.2 Å². The van der Waals surface area contributed by atoms with Crippen molar-refractivity contribution in [3.8, 4) is 0 Å². The molecule has 4 heterocycles. The lowest BCUT2D eigenvalue weighted by Gasteiger charge is -2.48. The number of nitrogens with zero attached hydrogens (tertiary/aromatic N) is 1. The van der Waals surface area contributed by atoms with Gasteiger partial charge in [0, 0.05) is 36.8 Å². The molecule has 3 N–H and O–H groups in total. The molecule has 8 aliphatic rings. The Hall–Kier alpha value is -4.18. The Labute approximate surface area is 362 Å². The molecule has 3 unspecified atom stereocenters. The highest BCUT2D eigenvalue weighted by atomic mass is 16.8. The average Bonchev–Trinajstić information content (AvgIpc) is 4.15. The molecular weight excluding hydrogens is 795 g/mol. The van der Waals surface area contributed by atoms with E-state index in [-0.39, 0.29) is 56.7 Å². The number of epoxide rings is 1. The Morgan fingerprint density at radius 2 is 1.71 bits per heavy atom. The Morgan fingerprint density at radius 1 is 0.952 bits per heavy atom. The van der Waals surface area contributed by atoms with E-state index in [2.05, 4.69) is 34.9 Å². The largest absolute Gasteiger partial charge is 0.460 e. The minimum absolute atomic E-state index is 0.0380. The van der Waals surface area contributed by atoms with Crippen molar-refractivity contribution in [3.05, 3.63) is 76.9 Å². The minimum Gasteiger partial charge on any atom is -0.460 e. The molecule has 332 valence electrons. The smallest absolute Gasteiger partial charge is 0.327 e. The molecule has 14 nitrogen and oxygen atoms in total. The van der Waals surface area contributed by atoms with Crippen molar-refractivity contribution in [2.45, 2.75) is 158 Å². The van der Waals surface area contributed by atoms with Crippen molar-refractivity contribution >= 4 is 29.8 Å². The number of carbonyl (C=O) groups is 4. The topological polar surface area (TPSA) is 174 Å². The summed E-state index contributed by atoms with van der Waals surface area (Å²) in [5.74, 6) is -1.46. The van der Waals surface area contributed by atoms with E-state index in [0.717, 1.165) is 56.1 Å². The van der Waals surface area contributed by atoms with Crippen LogP contribution in [0.5, 0.6) is 0 Å². The zero-order chi connectivity index (χ0) is 43.0. The fraction of sp³-hybridized carbons (Fsp3) is 0.625. The van der Waals surface area contributed by atoms with Crippen molar-refractivity contribution < 1.29 is 52.8 Å². The molecule has 0 spiro atoms. The van der Waals surface area contributed by atoms with Crippen LogP contribution in [-0.4, -0.2) is 101 Å². The van der Waals surface area contributed by atoms with Crippen LogP contribution in [0.3, 0.4) is 0 Å². The molecule has 14 heteroatoms. The summed E-state index contributed by atoms with van der Waals surface area (Å²) in [6, 6.07) is 13.4. The third kappa shape index (κ3) is 8.11. The summed E-state index contributed by atoms with van der Waals surface area (Å²) < 4.78 is 31.3. The Kier molecular flexibility index (Phi) is 10.9. The number of hydrogen-bond acceptors (Lipinski definition) is 12. The highest BCUT2D eigenvalue weighted by Gasteiger charge is 2.78. The van der Waals surface area contributed by atoms with Crippen molar-refractivity contribution in [3.63, 3.8) is 0 Å². The Bertz CT molecular complexity index is 2100. The van der Waals surface area contributed by atoms with E-state index in [1.54, 1.807) is 44.0 Å². The van der Waals surface area contributed by atoms with Crippen LogP contribution >= 0.6 is 0 Å². The molecule has 4 aliphatic carbocycles. The number of benzene rings is 2. The van der Waals surface area contributed by atoms with Gasteiger partial charge in [0.25, 0.3) is 5.91 Å². The van der Waals surface area contributed by atoms with Crippen molar-refractivity contribution in [1.82, 2.24) is 15.7 Å². The minimum atomic E-state index is -1.34. The number of ether oxygens (including phenoxy) is 5. The quantitative estimate of drug-likeness (QED) is 0.164. The number of aliphatic hydroxyl groups excluding tert-OH is 1. The molecule has 8 fully saturated rings. The summed E-state index contributed by atoms with van der Waals surface area (Å²) in [5, 5.41) is 17.6. The molecule has 4 saturated heterocycles. The van der Waals surface area contributed by atoms with Crippen LogP contribution in [0.4, 0.5) is 0 Å². The van der Waals surface area contributed by atoms with Gasteiger partial charge in [0.05, 0.1) is 31.4 Å². The normalized spacial score (nSPS) is 33.6. The standard InChI is InChI=1S/C48H59N3O11/c1-46(2,3)59-38(53)19-17-34(26-52)50-43(54)31-9-5-7-29(21-31)24-49-45(56)47-23-37-39-40(61-48(60-39,32-13-14-32)33-15-16-33)42(47)62-51(41(47)44(55)58-37)25-30-8-4-6-27(20-30)10-11-28-12-18-35-36(22-28)57-35/h4-11,20-21,28,32-37,39-42,52H,12-19,22-26H2,1-3H3,(H,49,56)(H,50,54)/t28?,34-,35?,36?,37+,39-,40-,41-,42+,47-/m0/s1. The number of aliphatic hydroxyl groups is 1. The highest BCUT2D eigenvalue weighted by Crippen LogP contribution is 2.64. The second kappa shape index (κ2) is 16.1. The monoisotopic (exact) mass is 853 g/mol. The maximum absolute atomic E-state index is 15.0. The molecule has 2 amide bonds. The van der Waals surface area contributed by atoms with Gasteiger partial charge in [-0.05, 0) is 107 Å². The number of rotatable bonds is 15. The maximum Gasteiger partial charge on any atom is 0.327 e. The van der Waals surface area contributed by atoms with Crippen LogP contribution in [-0.2, 0) is 56.0 Å². The van der Waals surface area contributed by atoms with Crippen LogP contribution in [0.25, 0.3) is 6.08 Å². The van der Waals surface area contributed by atoms with Crippen LogP contribution < -0.4 is 10.6 Å². The van der Waals surface area contributed by atoms with Crippen molar-refractivity contribution in [1.29, 1.82) is 0 Å². The van der Waals surface area contributed by atoms with Gasteiger partial charge in [-0.3, -0.25) is 24.0 Å². The lowest BCUT2D eigenvalue weighted by Crippen LogP contribution is -2.69. The third-order valence-corrected chi connectivity index (χ3v) is 14.1. The molecule has 2 aromatic carbocycles. The Balaban J connectivity index is 0.870. The number of amides is 2. The highest BCUT2D eigenvalue weighted by molar-refractivity contribution is 5.95. The predicted molar refractivity (Wildman–Crippen MR) is 222 cm³/mol. The Morgan fingerprint density at radius 3 is 2.45 bits per heavy atom. The number of nitrogens with one attached hydrogen (secondary N) is 2. The summed E-state index contributed by atoms with van der Waals surface area (Å²) in [5.41, 5.74) is 0.994. The van der Waals surface area contributed by atoms with Crippen LogP contribution in [0.1, 0.15) is 112 Å². The van der Waals surface area contributed by atoms with E-state index < -0.39 is 71.1 Å². The van der Waals surface area contributed by atoms with E-state index in [9.17, 15) is 24.3 Å². The first-order chi connectivity index (χ1) is 29.8. The van der Waals surface area contributed by atoms with Crippen LogP contribution in [0.2, 0.25) is 0 Å². The molecule has 62 heavy (non-hydrogen) atoms. The molecule has 2 aromatic rings. The third-order valence-electron chi connectivity index (χ3n) is 14.1. The number of carbonyl (C=O) groups excluding carboxylic acids is 4. The first kappa shape index (κ1) is 41.8. The van der Waals surface area contributed by atoms with Gasteiger partial charge in [0.15, 0.2) is 11.8 Å². The number of hydrogen-bond donors (Lipinski definition) is 3. The van der Waals surface area contributed by atoms with Gasteiger partial charge < -0.3 is 39.4 Å². The fourth-order valence-electron chi connectivity index (χ4n) is 10.8. The van der Waals surface area contributed by atoms with Gasteiger partial charge in [-0.15, -0.1) is 0 Å². The second-order valence-electron chi connectivity index (χ2n) is 19.9. The zero-order valence-corrected chi connectivity index (χ0v) is 35.8. The second-order valence-corrected chi connectivity index (χ2v) is 19.9. The van der Waals surface area contributed by atoms with Gasteiger partial charge in [-0.1, -0.05) is 48.6 Å². The molecule has 4 aliphatic heterocycles. The fourth-order valence-corrected chi connectivity index (χ4v) is 10.8. The molecule has 10 atom stereocenters. The SMILES string of the molecule is CC(C)(C)OC(=O)CC[C@@H](CO)NC(=O)c1cccc(CNC(=O)[C@@]23C[C@H]4OC(=O)[C@@H]2N(Cc2cccc(C=CC5CCC6OC6C5)c2)O[C@@H]3[C@H]2OC(C3CC3)(C3CC3)O[C@H]24)c1. The molecule has 10 rings (SSSR count). The van der Waals surface area contributed by atoms with E-state index >= 15 is 0 Å². The van der Waals surface area contributed by atoms with Gasteiger partial charge in [-0.2, -0.15) is 5.06 Å². The number of hydroxylamine groups is 2. The molecule has 4 saturated carbocycles. The maximum atomic E-state index is 15.0.